The second-order valence-electron chi connectivity index (χ2n) is 6.37. The van der Waals surface area contributed by atoms with Gasteiger partial charge in [0.1, 0.15) is 0 Å². The molecule has 7 nitrogen and oxygen atoms in total. The summed E-state index contributed by atoms with van der Waals surface area (Å²) in [6.07, 6.45) is 5.69. The van der Waals surface area contributed by atoms with Gasteiger partial charge in [-0.3, -0.25) is 4.79 Å². The van der Waals surface area contributed by atoms with Crippen LogP contribution < -0.4 is 15.8 Å². The van der Waals surface area contributed by atoms with E-state index in [9.17, 15) is 13.2 Å². The standard InChI is InChI=1S/C15H31N3O4S.ClH/c1-12(2)22-8-9-23(20,21)17-11-15(19)18-14(10-16)13-6-4-3-5-7-13;/h12-14,17H,3-11,16H2,1-2H3,(H,18,19);1H. The van der Waals surface area contributed by atoms with E-state index < -0.39 is 10.0 Å². The van der Waals surface area contributed by atoms with Crippen molar-refractivity contribution in [3.63, 3.8) is 0 Å². The third-order valence-corrected chi connectivity index (χ3v) is 5.36. The molecule has 1 aliphatic carbocycles. The summed E-state index contributed by atoms with van der Waals surface area (Å²) < 4.78 is 31.1. The summed E-state index contributed by atoms with van der Waals surface area (Å²) in [5, 5.41) is 2.86. The first-order valence-electron chi connectivity index (χ1n) is 8.42. The van der Waals surface area contributed by atoms with Crippen LogP contribution in [-0.4, -0.2) is 51.9 Å². The van der Waals surface area contributed by atoms with Crippen molar-refractivity contribution in [3.8, 4) is 0 Å². The Labute approximate surface area is 151 Å². The third-order valence-electron chi connectivity index (χ3n) is 4.08. The van der Waals surface area contributed by atoms with Crippen LogP contribution in [-0.2, 0) is 19.6 Å². The lowest BCUT2D eigenvalue weighted by atomic mass is 9.84. The summed E-state index contributed by atoms with van der Waals surface area (Å²) in [5.74, 6) is -0.0883. The van der Waals surface area contributed by atoms with Crippen molar-refractivity contribution in [1.29, 1.82) is 0 Å². The lowest BCUT2D eigenvalue weighted by Crippen LogP contribution is -2.49. The Balaban J connectivity index is 0.00000529. The zero-order valence-corrected chi connectivity index (χ0v) is 16.3. The molecular weight excluding hydrogens is 354 g/mol. The van der Waals surface area contributed by atoms with E-state index in [1.165, 1.54) is 19.3 Å². The van der Waals surface area contributed by atoms with Gasteiger partial charge in [0.25, 0.3) is 0 Å². The first-order valence-corrected chi connectivity index (χ1v) is 10.1. The van der Waals surface area contributed by atoms with Gasteiger partial charge in [0.15, 0.2) is 0 Å². The van der Waals surface area contributed by atoms with Crippen molar-refractivity contribution in [2.75, 3.05) is 25.4 Å². The predicted octanol–water partition coefficient (Wildman–Crippen LogP) is 0.776. The Bertz CT molecular complexity index is 454. The molecule has 0 heterocycles. The molecule has 0 aromatic carbocycles. The highest BCUT2D eigenvalue weighted by Crippen LogP contribution is 2.26. The number of ether oxygens (including phenoxy) is 1. The molecule has 0 saturated heterocycles. The Hall–Kier alpha value is -0.410. The van der Waals surface area contributed by atoms with Gasteiger partial charge in [0.2, 0.25) is 15.9 Å². The maximum absolute atomic E-state index is 12.0. The Morgan fingerprint density at radius 1 is 1.25 bits per heavy atom. The molecule has 144 valence electrons. The minimum atomic E-state index is -3.51. The van der Waals surface area contributed by atoms with Crippen LogP contribution in [0.25, 0.3) is 0 Å². The van der Waals surface area contributed by atoms with Gasteiger partial charge < -0.3 is 15.8 Å². The van der Waals surface area contributed by atoms with Gasteiger partial charge in [-0.15, -0.1) is 12.4 Å². The summed E-state index contributed by atoms with van der Waals surface area (Å²) in [6, 6.07) is -0.0726. The molecule has 0 aromatic rings. The average Bonchev–Trinajstić information content (AvgIpc) is 2.51. The average molecular weight is 386 g/mol. The van der Waals surface area contributed by atoms with Crippen LogP contribution in [0.4, 0.5) is 0 Å². The number of halogens is 1. The molecule has 4 N–H and O–H groups in total. The molecule has 1 rings (SSSR count). The number of carbonyl (C=O) groups is 1. The molecule has 9 heteroatoms. The maximum atomic E-state index is 12.0. The fourth-order valence-electron chi connectivity index (χ4n) is 2.80. The highest BCUT2D eigenvalue weighted by molar-refractivity contribution is 7.89. The highest BCUT2D eigenvalue weighted by atomic mass is 35.5. The van der Waals surface area contributed by atoms with Gasteiger partial charge in [-0.1, -0.05) is 19.3 Å². The third kappa shape index (κ3) is 9.78. The van der Waals surface area contributed by atoms with Crippen molar-refractivity contribution < 1.29 is 17.9 Å². The minimum absolute atomic E-state index is 0. The van der Waals surface area contributed by atoms with Crippen LogP contribution in [0.5, 0.6) is 0 Å². The van der Waals surface area contributed by atoms with E-state index in [1.54, 1.807) is 0 Å². The number of nitrogens with two attached hydrogens (primary N) is 1. The van der Waals surface area contributed by atoms with Crippen LogP contribution in [0.15, 0.2) is 0 Å². The molecule has 0 aliphatic heterocycles. The van der Waals surface area contributed by atoms with Crippen molar-refractivity contribution >= 4 is 28.3 Å². The molecule has 1 atom stereocenters. The number of rotatable bonds is 10. The van der Waals surface area contributed by atoms with Gasteiger partial charge in [-0.2, -0.15) is 0 Å². The van der Waals surface area contributed by atoms with Gasteiger partial charge in [-0.05, 0) is 32.6 Å². The van der Waals surface area contributed by atoms with E-state index in [1.807, 2.05) is 13.8 Å². The van der Waals surface area contributed by atoms with Crippen LogP contribution in [0, 0.1) is 5.92 Å². The van der Waals surface area contributed by atoms with Crippen LogP contribution in [0.2, 0.25) is 0 Å². The fourth-order valence-corrected chi connectivity index (χ4v) is 3.62. The van der Waals surface area contributed by atoms with E-state index in [4.69, 9.17) is 10.5 Å². The second-order valence-corrected chi connectivity index (χ2v) is 8.29. The van der Waals surface area contributed by atoms with Crippen molar-refractivity contribution in [3.05, 3.63) is 0 Å². The van der Waals surface area contributed by atoms with Crippen molar-refractivity contribution in [2.24, 2.45) is 11.7 Å². The minimum Gasteiger partial charge on any atom is -0.378 e. The number of hydrogen-bond donors (Lipinski definition) is 3. The summed E-state index contributed by atoms with van der Waals surface area (Å²) in [7, 11) is -3.51. The molecule has 0 aromatic heterocycles. The molecule has 24 heavy (non-hydrogen) atoms. The van der Waals surface area contributed by atoms with Gasteiger partial charge >= 0.3 is 0 Å². The van der Waals surface area contributed by atoms with Gasteiger partial charge in [0, 0.05) is 12.6 Å². The Morgan fingerprint density at radius 3 is 2.42 bits per heavy atom. The van der Waals surface area contributed by atoms with E-state index in [0.29, 0.717) is 12.5 Å². The van der Waals surface area contributed by atoms with E-state index in [0.717, 1.165) is 12.8 Å². The SMILES string of the molecule is CC(C)OCCS(=O)(=O)NCC(=O)NC(CN)C1CCCCC1.Cl. The summed E-state index contributed by atoms with van der Waals surface area (Å²) in [4.78, 5) is 12.0. The fraction of sp³-hybridized carbons (Fsp3) is 0.933. The largest absolute Gasteiger partial charge is 0.378 e. The summed E-state index contributed by atoms with van der Waals surface area (Å²) in [6.45, 7) is 3.91. The van der Waals surface area contributed by atoms with E-state index in [-0.39, 0.29) is 49.4 Å². The summed E-state index contributed by atoms with van der Waals surface area (Å²) in [5.41, 5.74) is 5.76. The van der Waals surface area contributed by atoms with Crippen molar-refractivity contribution in [1.82, 2.24) is 10.0 Å². The van der Waals surface area contributed by atoms with Crippen molar-refractivity contribution in [2.45, 2.75) is 58.1 Å². The molecule has 1 amide bonds. The number of sulfonamides is 1. The first-order chi connectivity index (χ1) is 10.8. The van der Waals surface area contributed by atoms with Gasteiger partial charge in [-0.25, -0.2) is 13.1 Å². The monoisotopic (exact) mass is 385 g/mol. The Kier molecular flexibility index (Phi) is 11.8. The molecule has 1 fully saturated rings. The quantitative estimate of drug-likeness (QED) is 0.514. The normalized spacial score (nSPS) is 17.3. The topological polar surface area (TPSA) is 111 Å². The number of nitrogens with one attached hydrogen (secondary N) is 2. The molecule has 1 aliphatic rings. The zero-order valence-electron chi connectivity index (χ0n) is 14.6. The maximum Gasteiger partial charge on any atom is 0.235 e. The lowest BCUT2D eigenvalue weighted by Gasteiger charge is -2.30. The molecule has 0 radical (unpaired) electrons. The smallest absolute Gasteiger partial charge is 0.235 e. The van der Waals surface area contributed by atoms with E-state index >= 15 is 0 Å². The van der Waals surface area contributed by atoms with Crippen LogP contribution >= 0.6 is 12.4 Å². The number of amides is 1. The Morgan fingerprint density at radius 2 is 1.88 bits per heavy atom. The number of carbonyl (C=O) groups excluding carboxylic acids is 1. The molecule has 0 spiro atoms. The highest BCUT2D eigenvalue weighted by Gasteiger charge is 2.24. The molecule has 1 saturated carbocycles. The first kappa shape index (κ1) is 23.6. The number of hydrogen-bond acceptors (Lipinski definition) is 5. The van der Waals surface area contributed by atoms with Crippen LogP contribution in [0.1, 0.15) is 46.0 Å². The van der Waals surface area contributed by atoms with Crippen LogP contribution in [0.3, 0.4) is 0 Å². The van der Waals surface area contributed by atoms with E-state index in [2.05, 4.69) is 10.0 Å². The molecule has 0 bridgehead atoms. The lowest BCUT2D eigenvalue weighted by molar-refractivity contribution is -0.121. The molecule has 1 unspecified atom stereocenters. The second kappa shape index (κ2) is 12.0. The predicted molar refractivity (Wildman–Crippen MR) is 97.7 cm³/mol. The van der Waals surface area contributed by atoms with Gasteiger partial charge in [0.05, 0.1) is 25.0 Å². The molecular formula is C15H32ClN3O4S. The zero-order chi connectivity index (χ0) is 17.3. The summed E-state index contributed by atoms with van der Waals surface area (Å²) >= 11 is 0.